The van der Waals surface area contributed by atoms with E-state index in [1.165, 1.54) is 0 Å². The monoisotopic (exact) mass is 399 g/mol. The number of nitrogens with zero attached hydrogens (tertiary/aromatic N) is 1. The molecule has 0 atom stereocenters. The SMILES string of the molecule is CN(Cc1csc(Br)c1)C(=O)C(c1ccccc1)c1ccccc1. The maximum atomic E-state index is 13.2. The molecule has 0 radical (unpaired) electrons. The van der Waals surface area contributed by atoms with Gasteiger partial charge in [0.1, 0.15) is 0 Å². The van der Waals surface area contributed by atoms with Gasteiger partial charge in [-0.25, -0.2) is 0 Å². The van der Waals surface area contributed by atoms with Crippen molar-refractivity contribution in [3.05, 3.63) is 92.6 Å². The van der Waals surface area contributed by atoms with Crippen LogP contribution < -0.4 is 0 Å². The van der Waals surface area contributed by atoms with Crippen molar-refractivity contribution in [2.75, 3.05) is 7.05 Å². The van der Waals surface area contributed by atoms with E-state index in [0.717, 1.165) is 20.5 Å². The van der Waals surface area contributed by atoms with Gasteiger partial charge in [-0.05, 0) is 44.1 Å². The smallest absolute Gasteiger partial charge is 0.234 e. The van der Waals surface area contributed by atoms with Crippen molar-refractivity contribution in [3.63, 3.8) is 0 Å². The van der Waals surface area contributed by atoms with Gasteiger partial charge in [-0.1, -0.05) is 60.7 Å². The molecule has 2 nitrogen and oxygen atoms in total. The first-order chi connectivity index (χ1) is 11.6. The predicted molar refractivity (Wildman–Crippen MR) is 103 cm³/mol. The second-order valence-corrected chi connectivity index (χ2v) is 8.00. The summed E-state index contributed by atoms with van der Waals surface area (Å²) in [6, 6.07) is 22.0. The Morgan fingerprint density at radius 3 is 2.04 bits per heavy atom. The largest absolute Gasteiger partial charge is 0.341 e. The number of likely N-dealkylation sites (N-methyl/N-ethyl adjacent to an activating group) is 1. The lowest BCUT2D eigenvalue weighted by atomic mass is 9.90. The third-order valence-electron chi connectivity index (χ3n) is 3.93. The lowest BCUT2D eigenvalue weighted by Gasteiger charge is -2.24. The average molecular weight is 400 g/mol. The van der Waals surface area contributed by atoms with Gasteiger partial charge in [0.2, 0.25) is 5.91 Å². The van der Waals surface area contributed by atoms with Crippen LogP contribution in [0.1, 0.15) is 22.6 Å². The van der Waals surface area contributed by atoms with Gasteiger partial charge in [-0.2, -0.15) is 0 Å². The molecule has 0 aliphatic rings. The van der Waals surface area contributed by atoms with Gasteiger partial charge >= 0.3 is 0 Å². The van der Waals surface area contributed by atoms with E-state index in [1.807, 2.05) is 67.7 Å². The zero-order valence-corrected chi connectivity index (χ0v) is 15.8. The maximum absolute atomic E-state index is 13.2. The topological polar surface area (TPSA) is 20.3 Å². The summed E-state index contributed by atoms with van der Waals surface area (Å²) >= 11 is 5.11. The van der Waals surface area contributed by atoms with Crippen molar-refractivity contribution in [1.29, 1.82) is 0 Å². The van der Waals surface area contributed by atoms with Crippen LogP contribution in [-0.2, 0) is 11.3 Å². The molecule has 3 aromatic rings. The summed E-state index contributed by atoms with van der Waals surface area (Å²) < 4.78 is 1.08. The van der Waals surface area contributed by atoms with E-state index in [1.54, 1.807) is 16.2 Å². The predicted octanol–water partition coefficient (Wildman–Crippen LogP) is 5.30. The quantitative estimate of drug-likeness (QED) is 0.569. The zero-order chi connectivity index (χ0) is 16.9. The van der Waals surface area contributed by atoms with E-state index in [-0.39, 0.29) is 11.8 Å². The fourth-order valence-corrected chi connectivity index (χ4v) is 3.97. The molecule has 0 bridgehead atoms. The number of carbonyl (C=O) groups is 1. The van der Waals surface area contributed by atoms with E-state index < -0.39 is 0 Å². The molecule has 3 rings (SSSR count). The second kappa shape index (κ2) is 7.77. The van der Waals surface area contributed by atoms with E-state index >= 15 is 0 Å². The molecule has 0 unspecified atom stereocenters. The van der Waals surface area contributed by atoms with Crippen molar-refractivity contribution in [3.8, 4) is 0 Å². The third kappa shape index (κ3) is 3.94. The maximum Gasteiger partial charge on any atom is 0.234 e. The Morgan fingerprint density at radius 1 is 1.04 bits per heavy atom. The molecule has 1 aromatic heterocycles. The van der Waals surface area contributed by atoms with Gasteiger partial charge in [0.15, 0.2) is 0 Å². The highest BCUT2D eigenvalue weighted by Gasteiger charge is 2.25. The van der Waals surface area contributed by atoms with Crippen LogP contribution in [0, 0.1) is 0 Å². The molecule has 0 aliphatic carbocycles. The summed E-state index contributed by atoms with van der Waals surface area (Å²) in [6.45, 7) is 0.608. The number of hydrogen-bond donors (Lipinski definition) is 0. The molecule has 4 heteroatoms. The molecule has 0 aliphatic heterocycles. The molecular weight excluding hydrogens is 382 g/mol. The van der Waals surface area contributed by atoms with Gasteiger partial charge in [-0.15, -0.1) is 11.3 Å². The van der Waals surface area contributed by atoms with E-state index in [0.29, 0.717) is 6.54 Å². The van der Waals surface area contributed by atoms with Gasteiger partial charge in [0.25, 0.3) is 0 Å². The third-order valence-corrected chi connectivity index (χ3v) is 5.48. The van der Waals surface area contributed by atoms with Crippen molar-refractivity contribution < 1.29 is 4.79 Å². The first-order valence-corrected chi connectivity index (χ1v) is 9.40. The van der Waals surface area contributed by atoms with Crippen LogP contribution in [0.3, 0.4) is 0 Å². The fraction of sp³-hybridized carbons (Fsp3) is 0.150. The molecule has 122 valence electrons. The van der Waals surface area contributed by atoms with Crippen LogP contribution in [0.4, 0.5) is 0 Å². The molecule has 0 saturated carbocycles. The van der Waals surface area contributed by atoms with Crippen LogP contribution in [0.15, 0.2) is 75.9 Å². The number of thiophene rings is 1. The number of benzene rings is 2. The molecule has 1 heterocycles. The van der Waals surface area contributed by atoms with Gasteiger partial charge in [0.05, 0.1) is 9.70 Å². The molecule has 0 saturated heterocycles. The number of carbonyl (C=O) groups excluding carboxylic acids is 1. The van der Waals surface area contributed by atoms with Crippen molar-refractivity contribution in [2.45, 2.75) is 12.5 Å². The average Bonchev–Trinajstić information content (AvgIpc) is 3.02. The summed E-state index contributed by atoms with van der Waals surface area (Å²) in [5.41, 5.74) is 3.18. The molecule has 1 amide bonds. The Kier molecular flexibility index (Phi) is 5.48. The van der Waals surface area contributed by atoms with E-state index in [9.17, 15) is 4.79 Å². The molecule has 0 spiro atoms. The van der Waals surface area contributed by atoms with Crippen molar-refractivity contribution in [1.82, 2.24) is 4.90 Å². The van der Waals surface area contributed by atoms with Gasteiger partial charge < -0.3 is 4.90 Å². The number of amides is 1. The normalized spacial score (nSPS) is 10.8. The molecule has 0 fully saturated rings. The summed E-state index contributed by atoms with van der Waals surface area (Å²) in [7, 11) is 1.87. The minimum atomic E-state index is -0.278. The van der Waals surface area contributed by atoms with Gasteiger partial charge in [-0.3, -0.25) is 4.79 Å². The van der Waals surface area contributed by atoms with Crippen LogP contribution in [0.25, 0.3) is 0 Å². The number of halogens is 1. The molecule has 2 aromatic carbocycles. The van der Waals surface area contributed by atoms with Crippen LogP contribution >= 0.6 is 27.3 Å². The summed E-state index contributed by atoms with van der Waals surface area (Å²) in [6.07, 6.45) is 0. The van der Waals surface area contributed by atoms with E-state index in [2.05, 4.69) is 27.4 Å². The Balaban J connectivity index is 1.89. The number of hydrogen-bond acceptors (Lipinski definition) is 2. The van der Waals surface area contributed by atoms with Crippen LogP contribution in [0.5, 0.6) is 0 Å². The fourth-order valence-electron chi connectivity index (χ4n) is 2.77. The van der Waals surface area contributed by atoms with Crippen molar-refractivity contribution in [2.24, 2.45) is 0 Å². The standard InChI is InChI=1S/C20H18BrNOS/c1-22(13-15-12-18(21)24-14-15)20(23)19(16-8-4-2-5-9-16)17-10-6-3-7-11-17/h2-12,14,19H,13H2,1H3. The summed E-state index contributed by atoms with van der Waals surface area (Å²) in [5, 5.41) is 2.08. The first-order valence-electron chi connectivity index (χ1n) is 7.73. The first kappa shape index (κ1) is 16.9. The van der Waals surface area contributed by atoms with E-state index in [4.69, 9.17) is 0 Å². The highest BCUT2D eigenvalue weighted by molar-refractivity contribution is 9.11. The summed E-state index contributed by atoms with van der Waals surface area (Å²) in [5.74, 6) is -0.172. The van der Waals surface area contributed by atoms with Crippen molar-refractivity contribution >= 4 is 33.2 Å². The van der Waals surface area contributed by atoms with Crippen LogP contribution in [0.2, 0.25) is 0 Å². The Bertz CT molecular complexity index is 761. The Hall–Kier alpha value is -1.91. The molecular formula is C20H18BrNOS. The zero-order valence-electron chi connectivity index (χ0n) is 13.4. The Labute approximate surface area is 154 Å². The lowest BCUT2D eigenvalue weighted by Crippen LogP contribution is -2.31. The number of rotatable bonds is 5. The minimum absolute atomic E-state index is 0.106. The minimum Gasteiger partial charge on any atom is -0.341 e. The highest BCUT2D eigenvalue weighted by atomic mass is 79.9. The van der Waals surface area contributed by atoms with Gasteiger partial charge in [0, 0.05) is 13.6 Å². The second-order valence-electron chi connectivity index (χ2n) is 5.71. The lowest BCUT2D eigenvalue weighted by molar-refractivity contribution is -0.131. The molecule has 24 heavy (non-hydrogen) atoms. The summed E-state index contributed by atoms with van der Waals surface area (Å²) in [4.78, 5) is 15.0. The highest BCUT2D eigenvalue weighted by Crippen LogP contribution is 2.28. The Morgan fingerprint density at radius 2 is 1.58 bits per heavy atom. The van der Waals surface area contributed by atoms with Crippen LogP contribution in [-0.4, -0.2) is 17.9 Å². The molecule has 0 N–H and O–H groups in total.